The number of rotatable bonds is 4. The molecule has 0 aromatic heterocycles. The lowest BCUT2D eigenvalue weighted by atomic mass is 10.1. The van der Waals surface area contributed by atoms with E-state index in [0.717, 1.165) is 11.3 Å². The molecule has 0 fully saturated rings. The van der Waals surface area contributed by atoms with Gasteiger partial charge in [-0.2, -0.15) is 0 Å². The van der Waals surface area contributed by atoms with Crippen LogP contribution in [0.2, 0.25) is 0 Å². The molecule has 1 aliphatic rings. The van der Waals surface area contributed by atoms with Crippen molar-refractivity contribution in [3.05, 3.63) is 53.6 Å². The Morgan fingerprint density at radius 1 is 1.15 bits per heavy atom. The summed E-state index contributed by atoms with van der Waals surface area (Å²) in [6.07, 6.45) is 0. The fourth-order valence-corrected chi connectivity index (χ4v) is 2.12. The lowest BCUT2D eigenvalue weighted by molar-refractivity contribution is 0.101. The molecule has 0 aliphatic carbocycles. The standard InChI is InChI=1S/C16H15NO3/c1-11-4-2-3-5-13(11)17-9-14(18)12-6-7-15-16(8-12)20-10-19-15/h2-8,17H,9-10H2,1H3. The van der Waals surface area contributed by atoms with Gasteiger partial charge in [-0.05, 0) is 36.8 Å². The minimum Gasteiger partial charge on any atom is -0.454 e. The SMILES string of the molecule is Cc1ccccc1NCC(=O)c1ccc2c(c1)OCO2. The summed E-state index contributed by atoms with van der Waals surface area (Å²) in [5, 5.41) is 3.16. The zero-order valence-electron chi connectivity index (χ0n) is 11.2. The lowest BCUT2D eigenvalue weighted by Crippen LogP contribution is -2.14. The van der Waals surface area contributed by atoms with Gasteiger partial charge in [0, 0.05) is 11.3 Å². The molecule has 1 heterocycles. The van der Waals surface area contributed by atoms with E-state index in [2.05, 4.69) is 5.32 Å². The van der Waals surface area contributed by atoms with E-state index in [-0.39, 0.29) is 19.1 Å². The average Bonchev–Trinajstić information content (AvgIpc) is 2.93. The zero-order valence-corrected chi connectivity index (χ0v) is 11.2. The van der Waals surface area contributed by atoms with Crippen LogP contribution in [0.3, 0.4) is 0 Å². The van der Waals surface area contributed by atoms with Crippen LogP contribution in [-0.4, -0.2) is 19.1 Å². The maximum Gasteiger partial charge on any atom is 0.231 e. The third kappa shape index (κ3) is 2.45. The molecule has 0 saturated carbocycles. The molecule has 0 atom stereocenters. The highest BCUT2D eigenvalue weighted by molar-refractivity contribution is 5.99. The van der Waals surface area contributed by atoms with Crippen LogP contribution in [-0.2, 0) is 0 Å². The van der Waals surface area contributed by atoms with Crippen LogP contribution in [0, 0.1) is 6.92 Å². The highest BCUT2D eigenvalue weighted by atomic mass is 16.7. The molecule has 2 aromatic carbocycles. The van der Waals surface area contributed by atoms with E-state index in [0.29, 0.717) is 17.1 Å². The molecular weight excluding hydrogens is 254 g/mol. The summed E-state index contributed by atoms with van der Waals surface area (Å²) in [6.45, 7) is 2.48. The maximum atomic E-state index is 12.2. The topological polar surface area (TPSA) is 47.6 Å². The van der Waals surface area contributed by atoms with Gasteiger partial charge in [-0.1, -0.05) is 18.2 Å². The van der Waals surface area contributed by atoms with Crippen molar-refractivity contribution in [2.24, 2.45) is 0 Å². The number of ether oxygens (including phenoxy) is 2. The quantitative estimate of drug-likeness (QED) is 0.867. The van der Waals surface area contributed by atoms with Crippen molar-refractivity contribution < 1.29 is 14.3 Å². The molecule has 0 amide bonds. The number of hydrogen-bond acceptors (Lipinski definition) is 4. The molecule has 102 valence electrons. The van der Waals surface area contributed by atoms with Crippen molar-refractivity contribution in [1.29, 1.82) is 0 Å². The van der Waals surface area contributed by atoms with Gasteiger partial charge in [-0.15, -0.1) is 0 Å². The summed E-state index contributed by atoms with van der Waals surface area (Å²) in [7, 11) is 0. The van der Waals surface area contributed by atoms with Gasteiger partial charge >= 0.3 is 0 Å². The molecule has 4 heteroatoms. The van der Waals surface area contributed by atoms with E-state index in [4.69, 9.17) is 9.47 Å². The first kappa shape index (κ1) is 12.5. The lowest BCUT2D eigenvalue weighted by Gasteiger charge is -2.08. The van der Waals surface area contributed by atoms with Crippen molar-refractivity contribution in [3.8, 4) is 11.5 Å². The van der Waals surface area contributed by atoms with Gasteiger partial charge in [0.25, 0.3) is 0 Å². The minimum absolute atomic E-state index is 0.0200. The van der Waals surface area contributed by atoms with Crippen molar-refractivity contribution in [1.82, 2.24) is 0 Å². The number of carbonyl (C=O) groups is 1. The summed E-state index contributed by atoms with van der Waals surface area (Å²) < 4.78 is 10.5. The predicted octanol–water partition coefficient (Wildman–Crippen LogP) is 3.02. The fourth-order valence-electron chi connectivity index (χ4n) is 2.12. The van der Waals surface area contributed by atoms with Crippen LogP contribution >= 0.6 is 0 Å². The average molecular weight is 269 g/mol. The van der Waals surface area contributed by atoms with Gasteiger partial charge in [0.2, 0.25) is 6.79 Å². The first-order valence-electron chi connectivity index (χ1n) is 6.46. The van der Waals surface area contributed by atoms with Crippen LogP contribution in [0.1, 0.15) is 15.9 Å². The first-order chi connectivity index (χ1) is 9.74. The highest BCUT2D eigenvalue weighted by Gasteiger charge is 2.16. The number of fused-ring (bicyclic) bond motifs is 1. The molecule has 0 saturated heterocycles. The Morgan fingerprint density at radius 3 is 2.80 bits per heavy atom. The summed E-state index contributed by atoms with van der Waals surface area (Å²) in [4.78, 5) is 12.2. The van der Waals surface area contributed by atoms with Crippen LogP contribution in [0.4, 0.5) is 5.69 Å². The van der Waals surface area contributed by atoms with E-state index in [1.54, 1.807) is 18.2 Å². The number of Topliss-reactive ketones (excluding diaryl/α,β-unsaturated/α-hetero) is 1. The maximum absolute atomic E-state index is 12.2. The zero-order chi connectivity index (χ0) is 13.9. The molecule has 2 aromatic rings. The third-order valence-corrected chi connectivity index (χ3v) is 3.28. The molecular formula is C16H15NO3. The minimum atomic E-state index is 0.0200. The summed E-state index contributed by atoms with van der Waals surface area (Å²) in [6, 6.07) is 13.1. The Bertz CT molecular complexity index is 652. The van der Waals surface area contributed by atoms with Crippen molar-refractivity contribution in [3.63, 3.8) is 0 Å². The van der Waals surface area contributed by atoms with Gasteiger partial charge in [-0.25, -0.2) is 0 Å². The van der Waals surface area contributed by atoms with Gasteiger partial charge in [0.1, 0.15) is 0 Å². The molecule has 0 unspecified atom stereocenters. The van der Waals surface area contributed by atoms with Crippen molar-refractivity contribution in [2.75, 3.05) is 18.7 Å². The van der Waals surface area contributed by atoms with Crippen molar-refractivity contribution >= 4 is 11.5 Å². The molecule has 3 rings (SSSR count). The van der Waals surface area contributed by atoms with Crippen molar-refractivity contribution in [2.45, 2.75) is 6.92 Å². The predicted molar refractivity (Wildman–Crippen MR) is 76.6 cm³/mol. The summed E-state index contributed by atoms with van der Waals surface area (Å²) in [5.41, 5.74) is 2.71. The molecule has 1 aliphatic heterocycles. The summed E-state index contributed by atoms with van der Waals surface area (Å²) in [5.74, 6) is 1.34. The number of para-hydroxylation sites is 1. The van der Waals surface area contributed by atoms with E-state index in [9.17, 15) is 4.79 Å². The molecule has 4 nitrogen and oxygen atoms in total. The Morgan fingerprint density at radius 2 is 1.95 bits per heavy atom. The third-order valence-electron chi connectivity index (χ3n) is 3.28. The van der Waals surface area contributed by atoms with E-state index < -0.39 is 0 Å². The van der Waals surface area contributed by atoms with Gasteiger partial charge in [-0.3, -0.25) is 4.79 Å². The summed E-state index contributed by atoms with van der Waals surface area (Å²) >= 11 is 0. The van der Waals surface area contributed by atoms with E-state index >= 15 is 0 Å². The van der Waals surface area contributed by atoms with Crippen LogP contribution in [0.15, 0.2) is 42.5 Å². The molecule has 0 radical (unpaired) electrons. The second-order valence-electron chi connectivity index (χ2n) is 4.66. The Kier molecular flexibility index (Phi) is 3.29. The largest absolute Gasteiger partial charge is 0.454 e. The van der Waals surface area contributed by atoms with Crippen LogP contribution in [0.25, 0.3) is 0 Å². The van der Waals surface area contributed by atoms with E-state index in [1.807, 2.05) is 31.2 Å². The van der Waals surface area contributed by atoms with Gasteiger partial charge in [0.05, 0.1) is 6.54 Å². The number of ketones is 1. The number of carbonyl (C=O) groups excluding carboxylic acids is 1. The molecule has 1 N–H and O–H groups in total. The van der Waals surface area contributed by atoms with Gasteiger partial charge < -0.3 is 14.8 Å². The van der Waals surface area contributed by atoms with Crippen LogP contribution in [0.5, 0.6) is 11.5 Å². The number of aryl methyl sites for hydroxylation is 1. The Balaban J connectivity index is 1.69. The molecule has 0 spiro atoms. The van der Waals surface area contributed by atoms with E-state index in [1.165, 1.54) is 0 Å². The Labute approximate surface area is 117 Å². The number of benzene rings is 2. The number of anilines is 1. The second-order valence-corrected chi connectivity index (χ2v) is 4.66. The Hall–Kier alpha value is -2.49. The molecule has 20 heavy (non-hydrogen) atoms. The monoisotopic (exact) mass is 269 g/mol. The first-order valence-corrected chi connectivity index (χ1v) is 6.46. The molecule has 0 bridgehead atoms. The van der Waals surface area contributed by atoms with Crippen LogP contribution < -0.4 is 14.8 Å². The smallest absolute Gasteiger partial charge is 0.231 e. The highest BCUT2D eigenvalue weighted by Crippen LogP contribution is 2.32. The number of hydrogen-bond donors (Lipinski definition) is 1. The van der Waals surface area contributed by atoms with Gasteiger partial charge in [0.15, 0.2) is 17.3 Å². The fraction of sp³-hybridized carbons (Fsp3) is 0.188. The second kappa shape index (κ2) is 5.25. The number of nitrogens with one attached hydrogen (secondary N) is 1. The normalized spacial score (nSPS) is 12.2.